The first-order valence-corrected chi connectivity index (χ1v) is 6.34. The van der Waals surface area contributed by atoms with Crippen LogP contribution in [0, 0.1) is 11.8 Å². The van der Waals surface area contributed by atoms with Crippen LogP contribution in [0.25, 0.3) is 0 Å². The number of hydrogen-bond donors (Lipinski definition) is 2. The van der Waals surface area contributed by atoms with Crippen molar-refractivity contribution < 1.29 is 9.59 Å². The van der Waals surface area contributed by atoms with Crippen molar-refractivity contribution in [2.24, 2.45) is 0 Å². The number of amides is 1. The number of benzene rings is 2. The summed E-state index contributed by atoms with van der Waals surface area (Å²) in [5, 5.41) is 2.77. The van der Waals surface area contributed by atoms with Crippen LogP contribution >= 0.6 is 0 Å². The van der Waals surface area contributed by atoms with Crippen LogP contribution in [-0.2, 0) is 4.79 Å². The summed E-state index contributed by atoms with van der Waals surface area (Å²) in [4.78, 5) is 22.9. The molecule has 1 amide bonds. The lowest BCUT2D eigenvalue weighted by Gasteiger charge is -2.06. The molecule has 0 radical (unpaired) electrons. The van der Waals surface area contributed by atoms with Crippen molar-refractivity contribution in [3.05, 3.63) is 59.7 Å². The van der Waals surface area contributed by atoms with Crippen LogP contribution in [-0.4, -0.2) is 11.7 Å². The van der Waals surface area contributed by atoms with Crippen molar-refractivity contribution in [3.8, 4) is 11.8 Å². The Bertz CT molecular complexity index is 737. The largest absolute Gasteiger partial charge is 0.399 e. The summed E-state index contributed by atoms with van der Waals surface area (Å²) in [5.74, 6) is 4.77. The van der Waals surface area contributed by atoms with Gasteiger partial charge in [0.25, 0.3) is 5.91 Å². The third-order valence-corrected chi connectivity index (χ3v) is 2.68. The fourth-order valence-electron chi connectivity index (χ4n) is 1.67. The van der Waals surface area contributed by atoms with E-state index in [1.165, 1.54) is 6.92 Å². The van der Waals surface area contributed by atoms with Crippen LogP contribution in [0.2, 0.25) is 0 Å². The first-order valence-electron chi connectivity index (χ1n) is 6.34. The van der Waals surface area contributed by atoms with Gasteiger partial charge in [-0.05, 0) is 48.4 Å². The van der Waals surface area contributed by atoms with Gasteiger partial charge in [0.2, 0.25) is 5.78 Å². The van der Waals surface area contributed by atoms with Gasteiger partial charge in [-0.2, -0.15) is 0 Å². The normalized spacial score (nSPS) is 9.38. The molecule has 0 aliphatic heterocycles. The van der Waals surface area contributed by atoms with Crippen LogP contribution < -0.4 is 11.1 Å². The van der Waals surface area contributed by atoms with E-state index in [4.69, 9.17) is 5.73 Å². The molecule has 0 fully saturated rings. The number of Topliss-reactive ketones (excluding diaryl/α,β-unsaturated/α-hetero) is 1. The van der Waals surface area contributed by atoms with Crippen LogP contribution in [0.1, 0.15) is 22.8 Å². The summed E-state index contributed by atoms with van der Waals surface area (Å²) in [6, 6.07) is 13.7. The van der Waals surface area contributed by atoms with Crippen molar-refractivity contribution in [1.29, 1.82) is 0 Å². The summed E-state index contributed by atoms with van der Waals surface area (Å²) < 4.78 is 0. The van der Waals surface area contributed by atoms with E-state index in [1.54, 1.807) is 48.5 Å². The minimum atomic E-state index is -0.230. The van der Waals surface area contributed by atoms with E-state index in [-0.39, 0.29) is 11.7 Å². The quantitative estimate of drug-likeness (QED) is 0.654. The van der Waals surface area contributed by atoms with Gasteiger partial charge in [0, 0.05) is 29.4 Å². The fourth-order valence-corrected chi connectivity index (χ4v) is 1.67. The number of nitrogens with one attached hydrogen (secondary N) is 1. The zero-order valence-electron chi connectivity index (χ0n) is 11.5. The molecule has 3 N–H and O–H groups in total. The Morgan fingerprint density at radius 1 is 1.10 bits per heavy atom. The summed E-state index contributed by atoms with van der Waals surface area (Å²) >= 11 is 0. The summed E-state index contributed by atoms with van der Waals surface area (Å²) in [7, 11) is 0. The monoisotopic (exact) mass is 278 g/mol. The van der Waals surface area contributed by atoms with E-state index < -0.39 is 0 Å². The molecule has 0 atom stereocenters. The predicted octanol–water partition coefficient (Wildman–Crippen LogP) is 2.46. The lowest BCUT2D eigenvalue weighted by Crippen LogP contribution is -2.11. The fraction of sp³-hybridized carbons (Fsp3) is 0.0588. The molecular weight excluding hydrogens is 264 g/mol. The van der Waals surface area contributed by atoms with Gasteiger partial charge in [0.15, 0.2) is 0 Å². The number of rotatable bonds is 2. The van der Waals surface area contributed by atoms with E-state index in [0.29, 0.717) is 22.5 Å². The Morgan fingerprint density at radius 2 is 1.81 bits per heavy atom. The van der Waals surface area contributed by atoms with Gasteiger partial charge in [0.05, 0.1) is 0 Å². The molecular formula is C17H14N2O2. The first-order chi connectivity index (χ1) is 10.0. The molecule has 4 nitrogen and oxygen atoms in total. The highest BCUT2D eigenvalue weighted by molar-refractivity contribution is 6.04. The molecule has 21 heavy (non-hydrogen) atoms. The maximum absolute atomic E-state index is 12.1. The molecule has 0 saturated carbocycles. The molecule has 2 rings (SSSR count). The minimum Gasteiger partial charge on any atom is -0.399 e. The Morgan fingerprint density at radius 3 is 2.48 bits per heavy atom. The van der Waals surface area contributed by atoms with Crippen LogP contribution in [0.5, 0.6) is 0 Å². The molecule has 0 spiro atoms. The zero-order valence-corrected chi connectivity index (χ0v) is 11.5. The molecule has 104 valence electrons. The maximum Gasteiger partial charge on any atom is 0.255 e. The SMILES string of the molecule is CC(=O)C#Cc1cccc(NC(=O)c2ccc(N)cc2)c1. The molecule has 0 aromatic heterocycles. The van der Waals surface area contributed by atoms with E-state index in [1.807, 2.05) is 0 Å². The number of anilines is 2. The van der Waals surface area contributed by atoms with E-state index in [2.05, 4.69) is 17.2 Å². The number of carbonyl (C=O) groups excluding carboxylic acids is 2. The predicted molar refractivity (Wildman–Crippen MR) is 82.8 cm³/mol. The van der Waals surface area contributed by atoms with E-state index in [9.17, 15) is 9.59 Å². The average molecular weight is 278 g/mol. The summed E-state index contributed by atoms with van der Waals surface area (Å²) in [5.41, 5.74) is 7.99. The van der Waals surface area contributed by atoms with Gasteiger partial charge in [0.1, 0.15) is 0 Å². The molecule has 0 aliphatic rings. The lowest BCUT2D eigenvalue weighted by atomic mass is 10.1. The molecule has 0 heterocycles. The van der Waals surface area contributed by atoms with Crippen LogP contribution in [0.15, 0.2) is 48.5 Å². The standard InChI is InChI=1S/C17H14N2O2/c1-12(20)5-6-13-3-2-4-16(11-13)19-17(21)14-7-9-15(18)10-8-14/h2-4,7-11H,18H2,1H3,(H,19,21). The van der Waals surface area contributed by atoms with E-state index >= 15 is 0 Å². The molecule has 0 unspecified atom stereocenters. The highest BCUT2D eigenvalue weighted by Gasteiger charge is 2.05. The topological polar surface area (TPSA) is 72.2 Å². The average Bonchev–Trinajstić information content (AvgIpc) is 2.46. The molecule has 0 aliphatic carbocycles. The Labute approximate surface area is 123 Å². The Hall–Kier alpha value is -3.06. The number of nitrogen functional groups attached to an aromatic ring is 1. The van der Waals surface area contributed by atoms with Gasteiger partial charge in [-0.25, -0.2) is 0 Å². The van der Waals surface area contributed by atoms with Gasteiger partial charge < -0.3 is 11.1 Å². The Balaban J connectivity index is 2.15. The number of ketones is 1. The third-order valence-electron chi connectivity index (χ3n) is 2.68. The smallest absolute Gasteiger partial charge is 0.255 e. The van der Waals surface area contributed by atoms with Crippen molar-refractivity contribution in [1.82, 2.24) is 0 Å². The van der Waals surface area contributed by atoms with Gasteiger partial charge in [-0.15, -0.1) is 0 Å². The third kappa shape index (κ3) is 4.22. The second kappa shape index (κ2) is 6.40. The van der Waals surface area contributed by atoms with Crippen molar-refractivity contribution in [3.63, 3.8) is 0 Å². The van der Waals surface area contributed by atoms with E-state index in [0.717, 1.165) is 0 Å². The maximum atomic E-state index is 12.1. The highest BCUT2D eigenvalue weighted by atomic mass is 16.1. The number of carbonyl (C=O) groups is 2. The highest BCUT2D eigenvalue weighted by Crippen LogP contribution is 2.12. The first kappa shape index (κ1) is 14.4. The minimum absolute atomic E-state index is 0.202. The molecule has 2 aromatic rings. The number of hydrogen-bond acceptors (Lipinski definition) is 3. The summed E-state index contributed by atoms with van der Waals surface area (Å²) in [6.45, 7) is 1.40. The van der Waals surface area contributed by atoms with Crippen LogP contribution in [0.4, 0.5) is 11.4 Å². The lowest BCUT2D eigenvalue weighted by molar-refractivity contribution is -0.111. The van der Waals surface area contributed by atoms with Crippen molar-refractivity contribution in [2.45, 2.75) is 6.92 Å². The van der Waals surface area contributed by atoms with Gasteiger partial charge in [-0.3, -0.25) is 9.59 Å². The molecule has 0 saturated heterocycles. The number of nitrogens with two attached hydrogens (primary N) is 1. The van der Waals surface area contributed by atoms with Gasteiger partial charge in [-0.1, -0.05) is 12.0 Å². The zero-order chi connectivity index (χ0) is 15.2. The second-order valence-electron chi connectivity index (χ2n) is 4.46. The second-order valence-corrected chi connectivity index (χ2v) is 4.46. The molecule has 0 bridgehead atoms. The van der Waals surface area contributed by atoms with Crippen molar-refractivity contribution in [2.75, 3.05) is 11.1 Å². The molecule has 4 heteroatoms. The van der Waals surface area contributed by atoms with Crippen molar-refractivity contribution >= 4 is 23.1 Å². The summed E-state index contributed by atoms with van der Waals surface area (Å²) in [6.07, 6.45) is 0. The van der Waals surface area contributed by atoms with Gasteiger partial charge >= 0.3 is 0 Å². The Kier molecular flexibility index (Phi) is 4.37. The molecule has 2 aromatic carbocycles. The van der Waals surface area contributed by atoms with Crippen LogP contribution in [0.3, 0.4) is 0 Å².